The largest absolute Gasteiger partial charge is 0.369 e. The first-order chi connectivity index (χ1) is 15.2. The molecule has 0 bridgehead atoms. The van der Waals surface area contributed by atoms with Gasteiger partial charge in [0.25, 0.3) is 0 Å². The first kappa shape index (κ1) is 24.2. The molecule has 0 saturated carbocycles. The number of aromatic nitrogens is 3. The van der Waals surface area contributed by atoms with Crippen LogP contribution in [0.4, 0.5) is 10.1 Å². The van der Waals surface area contributed by atoms with E-state index in [9.17, 15) is 4.39 Å². The van der Waals surface area contributed by atoms with Crippen molar-refractivity contribution in [3.63, 3.8) is 0 Å². The number of piperazine rings is 1. The van der Waals surface area contributed by atoms with Crippen LogP contribution in [0.1, 0.15) is 12.7 Å². The number of nitrogens with one attached hydrogen (secondary N) is 2. The highest BCUT2D eigenvalue weighted by molar-refractivity contribution is 14.0. The zero-order chi connectivity index (χ0) is 21.5. The van der Waals surface area contributed by atoms with Crippen LogP contribution >= 0.6 is 24.0 Å². The fourth-order valence-electron chi connectivity index (χ4n) is 3.70. The Bertz CT molecular complexity index is 999. The van der Waals surface area contributed by atoms with Gasteiger partial charge < -0.3 is 15.5 Å². The molecule has 3 heterocycles. The van der Waals surface area contributed by atoms with E-state index in [0.717, 1.165) is 68.9 Å². The number of pyridine rings is 1. The minimum Gasteiger partial charge on any atom is -0.369 e. The molecular weight excluding hydrogens is 522 g/mol. The summed E-state index contributed by atoms with van der Waals surface area (Å²) in [6.45, 7) is 8.91. The topological polar surface area (TPSA) is 73.1 Å². The van der Waals surface area contributed by atoms with Crippen molar-refractivity contribution in [3.8, 4) is 0 Å². The van der Waals surface area contributed by atoms with Gasteiger partial charge in [0.05, 0.1) is 0 Å². The van der Waals surface area contributed by atoms with E-state index in [1.54, 1.807) is 0 Å². The number of halogens is 2. The van der Waals surface area contributed by atoms with Crippen LogP contribution in [0.2, 0.25) is 0 Å². The van der Waals surface area contributed by atoms with Gasteiger partial charge in [-0.05, 0) is 43.3 Å². The monoisotopic (exact) mass is 552 g/mol. The molecule has 0 spiro atoms. The number of hydrogen-bond donors (Lipinski definition) is 2. The summed E-state index contributed by atoms with van der Waals surface area (Å²) in [5, 5.41) is 15.1. The predicted octanol–water partition coefficient (Wildman–Crippen LogP) is 2.36. The first-order valence-corrected chi connectivity index (χ1v) is 10.8. The molecule has 3 aromatic rings. The average Bonchev–Trinajstić information content (AvgIpc) is 3.22. The fourth-order valence-corrected chi connectivity index (χ4v) is 3.70. The molecule has 8 nitrogen and oxygen atoms in total. The third kappa shape index (κ3) is 6.28. The Balaban J connectivity index is 0.00000289. The molecule has 2 N–H and O–H groups in total. The lowest BCUT2D eigenvalue weighted by atomic mass is 10.2. The second-order valence-electron chi connectivity index (χ2n) is 7.47. The molecule has 2 aromatic heterocycles. The van der Waals surface area contributed by atoms with Crippen LogP contribution in [-0.2, 0) is 6.54 Å². The summed E-state index contributed by atoms with van der Waals surface area (Å²) in [4.78, 5) is 9.40. The zero-order valence-corrected chi connectivity index (χ0v) is 20.6. The normalized spacial score (nSPS) is 14.9. The minimum atomic E-state index is -0.191. The Morgan fingerprint density at radius 3 is 2.56 bits per heavy atom. The first-order valence-electron chi connectivity index (χ1n) is 10.8. The molecule has 0 unspecified atom stereocenters. The number of nitrogens with zero attached hydrogens (tertiary/aromatic N) is 6. The Hall–Kier alpha value is -2.47. The molecule has 0 atom stereocenters. The van der Waals surface area contributed by atoms with Crippen molar-refractivity contribution in [1.82, 2.24) is 30.1 Å². The Kier molecular flexibility index (Phi) is 9.03. The van der Waals surface area contributed by atoms with E-state index >= 15 is 0 Å². The van der Waals surface area contributed by atoms with E-state index < -0.39 is 0 Å². The number of fused-ring (bicyclic) bond motifs is 1. The second-order valence-corrected chi connectivity index (χ2v) is 7.47. The fraction of sp³-hybridized carbons (Fsp3) is 0.409. The number of anilines is 1. The molecule has 1 aromatic carbocycles. The second kappa shape index (κ2) is 12.0. The molecule has 1 aliphatic heterocycles. The van der Waals surface area contributed by atoms with Crippen molar-refractivity contribution in [3.05, 3.63) is 60.3 Å². The number of benzene rings is 1. The Morgan fingerprint density at radius 2 is 1.81 bits per heavy atom. The van der Waals surface area contributed by atoms with Gasteiger partial charge in [0, 0.05) is 57.7 Å². The van der Waals surface area contributed by atoms with E-state index in [2.05, 4.69) is 42.5 Å². The highest BCUT2D eigenvalue weighted by Crippen LogP contribution is 2.16. The average molecular weight is 552 g/mol. The molecule has 10 heteroatoms. The summed E-state index contributed by atoms with van der Waals surface area (Å²) in [5.74, 6) is 1.40. The molecule has 0 aliphatic carbocycles. The summed E-state index contributed by atoms with van der Waals surface area (Å²) >= 11 is 0. The summed E-state index contributed by atoms with van der Waals surface area (Å²) in [6, 6.07) is 12.6. The minimum absolute atomic E-state index is 0. The van der Waals surface area contributed by atoms with Gasteiger partial charge in [-0.15, -0.1) is 34.2 Å². The number of aliphatic imine (C=N–C) groups is 1. The van der Waals surface area contributed by atoms with Crippen LogP contribution in [0.25, 0.3) is 5.65 Å². The predicted molar refractivity (Wildman–Crippen MR) is 136 cm³/mol. The maximum Gasteiger partial charge on any atom is 0.191 e. The molecule has 1 saturated heterocycles. The van der Waals surface area contributed by atoms with Gasteiger partial charge in [-0.25, -0.2) is 9.38 Å². The van der Waals surface area contributed by atoms with Gasteiger partial charge in [-0.3, -0.25) is 9.30 Å². The van der Waals surface area contributed by atoms with Gasteiger partial charge >= 0.3 is 0 Å². The molecule has 4 rings (SSSR count). The maximum absolute atomic E-state index is 13.1. The van der Waals surface area contributed by atoms with Crippen LogP contribution in [0.3, 0.4) is 0 Å². The number of guanidine groups is 1. The molecule has 172 valence electrons. The van der Waals surface area contributed by atoms with E-state index in [4.69, 9.17) is 0 Å². The van der Waals surface area contributed by atoms with Gasteiger partial charge in [0.1, 0.15) is 12.4 Å². The smallest absolute Gasteiger partial charge is 0.191 e. The van der Waals surface area contributed by atoms with E-state index in [1.807, 2.05) is 40.9 Å². The van der Waals surface area contributed by atoms with Crippen LogP contribution in [-0.4, -0.2) is 71.3 Å². The standard InChI is InChI=1S/C22H29FN8.HI/c1-2-24-22(26-17-21-28-27-20-5-3-4-11-31(20)21)25-10-12-29-13-15-30(16-14-29)19-8-6-18(23)7-9-19;/h3-9,11H,2,10,12-17H2,1H3,(H2,24,25,26);1H. The molecule has 0 amide bonds. The van der Waals surface area contributed by atoms with Crippen LogP contribution < -0.4 is 15.5 Å². The Labute approximate surface area is 204 Å². The summed E-state index contributed by atoms with van der Waals surface area (Å²) in [5.41, 5.74) is 1.91. The SMILES string of the molecule is CCNC(=NCc1nnc2ccccn12)NCCN1CCN(c2ccc(F)cc2)CC1.I. The third-order valence-electron chi connectivity index (χ3n) is 5.39. The van der Waals surface area contributed by atoms with Gasteiger partial charge in [0.2, 0.25) is 0 Å². The van der Waals surface area contributed by atoms with Gasteiger partial charge in [-0.1, -0.05) is 6.07 Å². The highest BCUT2D eigenvalue weighted by Gasteiger charge is 2.17. The number of hydrogen-bond acceptors (Lipinski definition) is 5. The Morgan fingerprint density at radius 1 is 1.03 bits per heavy atom. The highest BCUT2D eigenvalue weighted by atomic mass is 127. The van der Waals surface area contributed by atoms with Crippen molar-refractivity contribution >= 4 is 41.3 Å². The summed E-state index contributed by atoms with van der Waals surface area (Å²) < 4.78 is 15.1. The van der Waals surface area contributed by atoms with Gasteiger partial charge in [-0.2, -0.15) is 0 Å². The van der Waals surface area contributed by atoms with Crippen molar-refractivity contribution in [2.24, 2.45) is 4.99 Å². The molecular formula is C22H30FIN8. The quantitative estimate of drug-likeness (QED) is 0.267. The summed E-state index contributed by atoms with van der Waals surface area (Å²) in [7, 11) is 0. The lowest BCUT2D eigenvalue weighted by molar-refractivity contribution is 0.261. The lowest BCUT2D eigenvalue weighted by Gasteiger charge is -2.36. The van der Waals surface area contributed by atoms with E-state index in [1.165, 1.54) is 12.1 Å². The number of rotatable bonds is 7. The van der Waals surface area contributed by atoms with Crippen LogP contribution in [0.15, 0.2) is 53.7 Å². The van der Waals surface area contributed by atoms with Gasteiger partial charge in [0.15, 0.2) is 17.4 Å². The van der Waals surface area contributed by atoms with Crippen molar-refractivity contribution < 1.29 is 4.39 Å². The lowest BCUT2D eigenvalue weighted by Crippen LogP contribution is -2.49. The van der Waals surface area contributed by atoms with Crippen molar-refractivity contribution in [2.75, 3.05) is 50.7 Å². The molecule has 1 aliphatic rings. The van der Waals surface area contributed by atoms with Crippen molar-refractivity contribution in [1.29, 1.82) is 0 Å². The van der Waals surface area contributed by atoms with E-state index in [-0.39, 0.29) is 29.8 Å². The summed E-state index contributed by atoms with van der Waals surface area (Å²) in [6.07, 6.45) is 1.95. The third-order valence-corrected chi connectivity index (χ3v) is 5.39. The van der Waals surface area contributed by atoms with E-state index in [0.29, 0.717) is 6.54 Å². The molecule has 32 heavy (non-hydrogen) atoms. The molecule has 1 fully saturated rings. The molecule has 0 radical (unpaired) electrons. The maximum atomic E-state index is 13.1. The zero-order valence-electron chi connectivity index (χ0n) is 18.2. The van der Waals surface area contributed by atoms with Crippen LogP contribution in [0.5, 0.6) is 0 Å². The van der Waals surface area contributed by atoms with Crippen LogP contribution in [0, 0.1) is 5.82 Å². The van der Waals surface area contributed by atoms with Crippen molar-refractivity contribution in [2.45, 2.75) is 13.5 Å².